The maximum Gasteiger partial charge on any atom is 0.265 e. The third-order valence-corrected chi connectivity index (χ3v) is 3.88. The SMILES string of the molecule is O=C(CCc1ccc(O)c(O)c1)N=Nc1c(O)[nH]c2ccc(Cl)cc12. The molecule has 2 aromatic carbocycles. The third kappa shape index (κ3) is 3.72. The summed E-state index contributed by atoms with van der Waals surface area (Å²) in [6.07, 6.45) is 0.398. The molecule has 128 valence electrons. The topological polar surface area (TPSA) is 118 Å². The molecular formula is C17H14ClN3O4. The summed E-state index contributed by atoms with van der Waals surface area (Å²) in [4.78, 5) is 14.6. The van der Waals surface area contributed by atoms with Crippen molar-refractivity contribution in [1.29, 1.82) is 0 Å². The average molecular weight is 360 g/mol. The minimum atomic E-state index is -0.483. The van der Waals surface area contributed by atoms with Crippen LogP contribution in [0.15, 0.2) is 46.6 Å². The largest absolute Gasteiger partial charge is 0.504 e. The van der Waals surface area contributed by atoms with E-state index < -0.39 is 5.91 Å². The molecule has 1 heterocycles. The van der Waals surface area contributed by atoms with Gasteiger partial charge in [-0.25, -0.2) is 0 Å². The Hall–Kier alpha value is -3.06. The molecular weight excluding hydrogens is 346 g/mol. The zero-order valence-electron chi connectivity index (χ0n) is 12.9. The molecule has 0 bridgehead atoms. The molecule has 1 amide bonds. The minimum absolute atomic E-state index is 0.0671. The predicted octanol–water partition coefficient (Wildman–Crippen LogP) is 4.18. The predicted molar refractivity (Wildman–Crippen MR) is 92.6 cm³/mol. The summed E-state index contributed by atoms with van der Waals surface area (Å²) in [7, 11) is 0. The first-order valence-electron chi connectivity index (χ1n) is 7.39. The molecule has 0 aliphatic heterocycles. The fourth-order valence-electron chi connectivity index (χ4n) is 2.37. The molecule has 7 nitrogen and oxygen atoms in total. The summed E-state index contributed by atoms with van der Waals surface area (Å²) in [5.74, 6) is -1.14. The maximum atomic E-state index is 11.9. The van der Waals surface area contributed by atoms with Gasteiger partial charge in [-0.15, -0.1) is 10.2 Å². The van der Waals surface area contributed by atoms with Crippen LogP contribution in [0.3, 0.4) is 0 Å². The Balaban J connectivity index is 1.71. The van der Waals surface area contributed by atoms with Crippen LogP contribution in [0.2, 0.25) is 5.02 Å². The Morgan fingerprint density at radius 3 is 2.64 bits per heavy atom. The molecule has 8 heteroatoms. The molecule has 25 heavy (non-hydrogen) atoms. The highest BCUT2D eigenvalue weighted by Crippen LogP contribution is 2.36. The van der Waals surface area contributed by atoms with Gasteiger partial charge in [0.05, 0.1) is 5.52 Å². The van der Waals surface area contributed by atoms with Gasteiger partial charge >= 0.3 is 0 Å². The molecule has 0 atom stereocenters. The Morgan fingerprint density at radius 2 is 1.88 bits per heavy atom. The lowest BCUT2D eigenvalue weighted by atomic mass is 10.1. The summed E-state index contributed by atoms with van der Waals surface area (Å²) >= 11 is 5.93. The number of azo groups is 1. The van der Waals surface area contributed by atoms with Gasteiger partial charge in [0.1, 0.15) is 0 Å². The fraction of sp³-hybridized carbons (Fsp3) is 0.118. The highest BCUT2D eigenvalue weighted by molar-refractivity contribution is 6.31. The summed E-state index contributed by atoms with van der Waals surface area (Å²) in [6.45, 7) is 0. The number of nitrogens with zero attached hydrogens (tertiary/aromatic N) is 2. The average Bonchev–Trinajstić information content (AvgIpc) is 2.88. The minimum Gasteiger partial charge on any atom is -0.504 e. The molecule has 4 N–H and O–H groups in total. The standard InChI is InChI=1S/C17H14ClN3O4/c18-10-3-4-12-11(8-10)16(17(25)19-12)21-20-15(24)6-2-9-1-5-13(22)14(23)7-9/h1,3-5,7-8,19,22-23,25H,2,6H2. The molecule has 1 aromatic heterocycles. The van der Waals surface area contributed by atoms with Crippen LogP contribution in [0, 0.1) is 0 Å². The van der Waals surface area contributed by atoms with Crippen LogP contribution >= 0.6 is 11.6 Å². The maximum absolute atomic E-state index is 11.9. The van der Waals surface area contributed by atoms with E-state index in [1.807, 2.05) is 0 Å². The smallest absolute Gasteiger partial charge is 0.265 e. The molecule has 0 aliphatic carbocycles. The number of aromatic nitrogens is 1. The van der Waals surface area contributed by atoms with Crippen molar-refractivity contribution in [2.75, 3.05) is 0 Å². The van der Waals surface area contributed by atoms with Gasteiger partial charge in [-0.2, -0.15) is 0 Å². The molecule has 0 unspecified atom stereocenters. The van der Waals surface area contributed by atoms with Crippen molar-refractivity contribution in [2.24, 2.45) is 10.2 Å². The Bertz CT molecular complexity index is 981. The normalized spacial score (nSPS) is 11.4. The van der Waals surface area contributed by atoms with Crippen LogP contribution in [-0.2, 0) is 11.2 Å². The number of amides is 1. The van der Waals surface area contributed by atoms with Crippen LogP contribution in [0.5, 0.6) is 17.4 Å². The molecule has 0 saturated heterocycles. The highest BCUT2D eigenvalue weighted by Gasteiger charge is 2.11. The van der Waals surface area contributed by atoms with Crippen molar-refractivity contribution in [3.8, 4) is 17.4 Å². The number of nitrogens with one attached hydrogen (secondary N) is 1. The van der Waals surface area contributed by atoms with Crippen molar-refractivity contribution in [3.63, 3.8) is 0 Å². The second kappa shape index (κ2) is 6.82. The van der Waals surface area contributed by atoms with Crippen LogP contribution in [-0.4, -0.2) is 26.2 Å². The monoisotopic (exact) mass is 359 g/mol. The van der Waals surface area contributed by atoms with Gasteiger partial charge in [-0.05, 0) is 42.3 Å². The number of carbonyl (C=O) groups excluding carboxylic acids is 1. The number of aryl methyl sites for hydroxylation is 1. The molecule has 0 fully saturated rings. The van der Waals surface area contributed by atoms with Crippen LogP contribution in [0.4, 0.5) is 5.69 Å². The van der Waals surface area contributed by atoms with E-state index in [-0.39, 0.29) is 29.5 Å². The number of hydrogen-bond donors (Lipinski definition) is 4. The van der Waals surface area contributed by atoms with Gasteiger partial charge in [0, 0.05) is 16.8 Å². The lowest BCUT2D eigenvalue weighted by Crippen LogP contribution is -1.95. The van der Waals surface area contributed by atoms with Crippen molar-refractivity contribution < 1.29 is 20.1 Å². The number of halogens is 1. The van der Waals surface area contributed by atoms with E-state index in [9.17, 15) is 20.1 Å². The van der Waals surface area contributed by atoms with Gasteiger partial charge in [-0.1, -0.05) is 17.7 Å². The second-order valence-corrected chi connectivity index (χ2v) is 5.87. The summed E-state index contributed by atoms with van der Waals surface area (Å²) in [5.41, 5.74) is 1.46. The van der Waals surface area contributed by atoms with Crippen molar-refractivity contribution in [2.45, 2.75) is 12.8 Å². The van der Waals surface area contributed by atoms with Gasteiger partial charge in [0.2, 0.25) is 5.88 Å². The van der Waals surface area contributed by atoms with E-state index in [0.717, 1.165) is 0 Å². The molecule has 3 rings (SSSR count). The van der Waals surface area contributed by atoms with Gasteiger partial charge in [-0.3, -0.25) is 4.79 Å². The number of phenols is 2. The van der Waals surface area contributed by atoms with Crippen molar-refractivity contribution in [3.05, 3.63) is 47.0 Å². The highest BCUT2D eigenvalue weighted by atomic mass is 35.5. The Kier molecular flexibility index (Phi) is 4.58. The lowest BCUT2D eigenvalue weighted by Gasteiger charge is -2.01. The number of carbonyl (C=O) groups is 1. The van der Waals surface area contributed by atoms with Gasteiger partial charge in [0.15, 0.2) is 17.2 Å². The van der Waals surface area contributed by atoms with E-state index >= 15 is 0 Å². The number of aromatic amines is 1. The van der Waals surface area contributed by atoms with E-state index in [1.54, 1.807) is 24.3 Å². The number of phenolic OH excluding ortho intramolecular Hbond substituents is 2. The third-order valence-electron chi connectivity index (χ3n) is 3.64. The number of rotatable bonds is 4. The first-order chi connectivity index (χ1) is 11.9. The quantitative estimate of drug-likeness (QED) is 0.412. The zero-order valence-corrected chi connectivity index (χ0v) is 13.7. The fourth-order valence-corrected chi connectivity index (χ4v) is 2.54. The first kappa shape index (κ1) is 16.8. The summed E-state index contributed by atoms with van der Waals surface area (Å²) < 4.78 is 0. The number of fused-ring (bicyclic) bond motifs is 1. The van der Waals surface area contributed by atoms with E-state index in [0.29, 0.717) is 27.9 Å². The van der Waals surface area contributed by atoms with Gasteiger partial charge < -0.3 is 20.3 Å². The van der Waals surface area contributed by atoms with E-state index in [4.69, 9.17) is 11.6 Å². The van der Waals surface area contributed by atoms with Crippen molar-refractivity contribution in [1.82, 2.24) is 4.98 Å². The Morgan fingerprint density at radius 1 is 1.08 bits per heavy atom. The number of aromatic hydroxyl groups is 3. The van der Waals surface area contributed by atoms with E-state index in [1.165, 1.54) is 12.1 Å². The number of H-pyrrole nitrogens is 1. The number of hydrogen-bond acceptors (Lipinski definition) is 5. The lowest BCUT2D eigenvalue weighted by molar-refractivity contribution is -0.118. The molecule has 3 aromatic rings. The van der Waals surface area contributed by atoms with E-state index in [2.05, 4.69) is 15.2 Å². The van der Waals surface area contributed by atoms with Gasteiger partial charge in [0.25, 0.3) is 5.91 Å². The van der Waals surface area contributed by atoms with Crippen LogP contribution < -0.4 is 0 Å². The molecule has 0 saturated carbocycles. The summed E-state index contributed by atoms with van der Waals surface area (Å²) in [5, 5.41) is 37.0. The van der Waals surface area contributed by atoms with Crippen molar-refractivity contribution >= 4 is 34.1 Å². The van der Waals surface area contributed by atoms with Crippen LogP contribution in [0.1, 0.15) is 12.0 Å². The molecule has 0 spiro atoms. The molecule has 0 radical (unpaired) electrons. The number of benzene rings is 2. The van der Waals surface area contributed by atoms with Crippen LogP contribution in [0.25, 0.3) is 10.9 Å². The Labute approximate surface area is 147 Å². The molecule has 0 aliphatic rings. The summed E-state index contributed by atoms with van der Waals surface area (Å²) in [6, 6.07) is 9.31. The second-order valence-electron chi connectivity index (χ2n) is 5.43. The zero-order chi connectivity index (χ0) is 18.0. The first-order valence-corrected chi connectivity index (χ1v) is 7.77.